The van der Waals surface area contributed by atoms with E-state index < -0.39 is 12.0 Å². The van der Waals surface area contributed by atoms with Gasteiger partial charge in [-0.15, -0.1) is 0 Å². The molecule has 6 nitrogen and oxygen atoms in total. The minimum absolute atomic E-state index is 0.0783. The summed E-state index contributed by atoms with van der Waals surface area (Å²) in [5, 5.41) is 2.87. The predicted octanol–water partition coefficient (Wildman–Crippen LogP) is 3.08. The lowest BCUT2D eigenvalue weighted by atomic mass is 9.83. The van der Waals surface area contributed by atoms with E-state index in [4.69, 9.17) is 9.47 Å². The minimum atomic E-state index is -0.534. The molecule has 154 valence electrons. The molecule has 1 saturated heterocycles. The van der Waals surface area contributed by atoms with E-state index in [2.05, 4.69) is 5.32 Å². The molecule has 0 unspecified atom stereocenters. The van der Waals surface area contributed by atoms with Crippen molar-refractivity contribution >= 4 is 17.5 Å². The van der Waals surface area contributed by atoms with Crippen LogP contribution in [0.4, 0.5) is 10.1 Å². The van der Waals surface area contributed by atoms with Crippen LogP contribution in [0.3, 0.4) is 0 Å². The van der Waals surface area contributed by atoms with Gasteiger partial charge in [0.15, 0.2) is 0 Å². The number of nitrogens with one attached hydrogen (secondary N) is 1. The number of carbonyl (C=O) groups is 2. The van der Waals surface area contributed by atoms with Crippen molar-refractivity contribution in [3.8, 4) is 5.75 Å². The third-order valence-electron chi connectivity index (χ3n) is 5.10. The summed E-state index contributed by atoms with van der Waals surface area (Å²) >= 11 is 0. The summed E-state index contributed by atoms with van der Waals surface area (Å²) in [6.07, 6.45) is 0.679. The molecule has 2 aromatic carbocycles. The van der Waals surface area contributed by atoms with E-state index in [0.717, 1.165) is 0 Å². The first-order valence-corrected chi connectivity index (χ1v) is 9.53. The van der Waals surface area contributed by atoms with Gasteiger partial charge in [0, 0.05) is 25.8 Å². The Hall–Kier alpha value is -2.93. The average molecular weight is 400 g/mol. The van der Waals surface area contributed by atoms with Crippen LogP contribution in [0.2, 0.25) is 0 Å². The second kappa shape index (κ2) is 9.52. The van der Waals surface area contributed by atoms with E-state index in [-0.39, 0.29) is 24.1 Å². The van der Waals surface area contributed by atoms with Gasteiger partial charge in [0.25, 0.3) is 0 Å². The number of piperidine rings is 1. The maximum absolute atomic E-state index is 13.5. The lowest BCUT2D eigenvalue weighted by Gasteiger charge is -2.41. The molecular weight excluding hydrogens is 375 g/mol. The maximum Gasteiger partial charge on any atom is 0.227 e. The van der Waals surface area contributed by atoms with Gasteiger partial charge in [0.1, 0.15) is 11.6 Å². The summed E-state index contributed by atoms with van der Waals surface area (Å²) in [4.78, 5) is 27.4. The van der Waals surface area contributed by atoms with Crippen molar-refractivity contribution in [1.29, 1.82) is 0 Å². The number of ether oxygens (including phenoxy) is 2. The van der Waals surface area contributed by atoms with Crippen molar-refractivity contribution in [1.82, 2.24) is 5.32 Å². The van der Waals surface area contributed by atoms with E-state index >= 15 is 0 Å². The molecule has 2 amide bonds. The molecule has 1 fully saturated rings. The lowest BCUT2D eigenvalue weighted by Crippen LogP contribution is -2.48. The van der Waals surface area contributed by atoms with Gasteiger partial charge in [-0.05, 0) is 48.4 Å². The van der Waals surface area contributed by atoms with Gasteiger partial charge in [-0.3, -0.25) is 9.59 Å². The van der Waals surface area contributed by atoms with Crippen LogP contribution < -0.4 is 15.0 Å². The van der Waals surface area contributed by atoms with Gasteiger partial charge in [0.2, 0.25) is 11.8 Å². The number of anilines is 1. The molecule has 0 saturated carbocycles. The highest BCUT2D eigenvalue weighted by molar-refractivity contribution is 5.97. The number of benzene rings is 2. The highest BCUT2D eigenvalue weighted by Gasteiger charge is 2.41. The fourth-order valence-corrected chi connectivity index (χ4v) is 3.66. The second-order valence-corrected chi connectivity index (χ2v) is 6.89. The molecule has 1 heterocycles. The number of nitrogens with zero attached hydrogens (tertiary/aromatic N) is 1. The van der Waals surface area contributed by atoms with Gasteiger partial charge >= 0.3 is 0 Å². The Labute approximate surface area is 169 Å². The predicted molar refractivity (Wildman–Crippen MR) is 107 cm³/mol. The quantitative estimate of drug-likeness (QED) is 0.726. The number of hydrogen-bond acceptors (Lipinski definition) is 4. The molecule has 1 N–H and O–H groups in total. The highest BCUT2D eigenvalue weighted by Crippen LogP contribution is 2.40. The molecule has 0 aliphatic carbocycles. The fourth-order valence-electron chi connectivity index (χ4n) is 3.66. The van der Waals surface area contributed by atoms with Crippen LogP contribution in [-0.2, 0) is 14.3 Å². The molecule has 3 rings (SSSR count). The van der Waals surface area contributed by atoms with Gasteiger partial charge in [-0.2, -0.15) is 0 Å². The summed E-state index contributed by atoms with van der Waals surface area (Å²) in [6, 6.07) is 12.5. The Morgan fingerprint density at radius 3 is 2.45 bits per heavy atom. The molecule has 0 aromatic heterocycles. The molecule has 0 spiro atoms. The van der Waals surface area contributed by atoms with Crippen LogP contribution in [0.1, 0.15) is 24.4 Å². The largest absolute Gasteiger partial charge is 0.497 e. The van der Waals surface area contributed by atoms with Gasteiger partial charge in [-0.25, -0.2) is 4.39 Å². The summed E-state index contributed by atoms with van der Waals surface area (Å²) in [6.45, 7) is 0.791. The normalized spacial score (nSPS) is 19.1. The van der Waals surface area contributed by atoms with Gasteiger partial charge < -0.3 is 19.7 Å². The molecule has 2 aromatic rings. The van der Waals surface area contributed by atoms with Crippen molar-refractivity contribution in [2.75, 3.05) is 32.3 Å². The van der Waals surface area contributed by atoms with Crippen LogP contribution in [0.25, 0.3) is 0 Å². The Kier molecular flexibility index (Phi) is 6.82. The SMILES string of the molecule is COCCNC(=O)[C@@H]1CCC(=O)N(c2ccc(OC)cc2)[C@@H]1c1ccc(F)cc1. The van der Waals surface area contributed by atoms with Crippen LogP contribution >= 0.6 is 0 Å². The van der Waals surface area contributed by atoms with Crippen molar-refractivity contribution < 1.29 is 23.5 Å². The third kappa shape index (κ3) is 4.74. The Balaban J connectivity index is 1.98. The first-order valence-electron chi connectivity index (χ1n) is 9.53. The highest BCUT2D eigenvalue weighted by atomic mass is 19.1. The lowest BCUT2D eigenvalue weighted by molar-refractivity contribution is -0.129. The van der Waals surface area contributed by atoms with E-state index in [1.807, 2.05) is 0 Å². The molecule has 29 heavy (non-hydrogen) atoms. The number of hydrogen-bond donors (Lipinski definition) is 1. The number of methoxy groups -OCH3 is 2. The van der Waals surface area contributed by atoms with E-state index in [0.29, 0.717) is 36.6 Å². The molecule has 0 radical (unpaired) electrons. The first kappa shape index (κ1) is 20.8. The number of amides is 2. The van der Waals surface area contributed by atoms with Crippen LogP contribution in [0.15, 0.2) is 48.5 Å². The van der Waals surface area contributed by atoms with Crippen LogP contribution in [-0.4, -0.2) is 39.2 Å². The minimum Gasteiger partial charge on any atom is -0.497 e. The first-order chi connectivity index (χ1) is 14.0. The van der Waals surface area contributed by atoms with Crippen molar-refractivity contribution in [2.45, 2.75) is 18.9 Å². The molecule has 1 aliphatic heterocycles. The van der Waals surface area contributed by atoms with Crippen molar-refractivity contribution in [3.63, 3.8) is 0 Å². The van der Waals surface area contributed by atoms with Crippen LogP contribution in [0.5, 0.6) is 5.75 Å². The average Bonchev–Trinajstić information content (AvgIpc) is 2.74. The third-order valence-corrected chi connectivity index (χ3v) is 5.10. The van der Waals surface area contributed by atoms with E-state index in [9.17, 15) is 14.0 Å². The van der Waals surface area contributed by atoms with Gasteiger partial charge in [-0.1, -0.05) is 12.1 Å². The Bertz CT molecular complexity index is 839. The zero-order valence-electron chi connectivity index (χ0n) is 16.6. The molecule has 0 bridgehead atoms. The second-order valence-electron chi connectivity index (χ2n) is 6.89. The van der Waals surface area contributed by atoms with Crippen molar-refractivity contribution in [2.24, 2.45) is 5.92 Å². The number of halogens is 1. The van der Waals surface area contributed by atoms with E-state index in [1.54, 1.807) is 55.5 Å². The molecule has 2 atom stereocenters. The smallest absolute Gasteiger partial charge is 0.227 e. The molecule has 1 aliphatic rings. The number of carbonyl (C=O) groups excluding carboxylic acids is 2. The molecular formula is C22H25FN2O4. The zero-order chi connectivity index (χ0) is 20.8. The van der Waals surface area contributed by atoms with Crippen LogP contribution in [0, 0.1) is 11.7 Å². The van der Waals surface area contributed by atoms with Gasteiger partial charge in [0.05, 0.1) is 25.7 Å². The summed E-state index contributed by atoms with van der Waals surface area (Å²) < 4.78 is 23.7. The fraction of sp³-hybridized carbons (Fsp3) is 0.364. The summed E-state index contributed by atoms with van der Waals surface area (Å²) in [7, 11) is 3.14. The monoisotopic (exact) mass is 400 g/mol. The standard InChI is InChI=1S/C22H25FN2O4/c1-28-14-13-24-22(27)19-11-12-20(26)25(17-7-9-18(29-2)10-8-17)21(19)15-3-5-16(23)6-4-15/h3-10,19,21H,11-14H2,1-2H3,(H,24,27)/t19-,21-/m1/s1. The van der Waals surface area contributed by atoms with Crippen molar-refractivity contribution in [3.05, 3.63) is 59.9 Å². The topological polar surface area (TPSA) is 67.9 Å². The Morgan fingerprint density at radius 2 is 1.83 bits per heavy atom. The maximum atomic E-state index is 13.5. The van der Waals surface area contributed by atoms with E-state index in [1.165, 1.54) is 12.1 Å². The Morgan fingerprint density at radius 1 is 1.14 bits per heavy atom. The summed E-state index contributed by atoms with van der Waals surface area (Å²) in [5.74, 6) is -0.386. The zero-order valence-corrected chi connectivity index (χ0v) is 16.6. The summed E-state index contributed by atoms with van der Waals surface area (Å²) in [5.41, 5.74) is 1.38. The number of rotatable bonds is 7. The molecule has 7 heteroatoms.